The first-order valence-corrected chi connectivity index (χ1v) is 9.89. The van der Waals surface area contributed by atoms with Gasteiger partial charge in [0.05, 0.1) is 35.4 Å². The summed E-state index contributed by atoms with van der Waals surface area (Å²) in [5, 5.41) is 0. The SMILES string of the molecule is CCOC(=O)c1ccc2c(c1)sc(=NC(=O)Cc1ccc(OCC)cc1)n2C. The lowest BCUT2D eigenvalue weighted by molar-refractivity contribution is -0.117. The molecular formula is C21H22N2O4S. The van der Waals surface area contributed by atoms with Crippen molar-refractivity contribution in [2.45, 2.75) is 20.3 Å². The molecule has 0 fully saturated rings. The topological polar surface area (TPSA) is 69.9 Å². The van der Waals surface area contributed by atoms with Crippen molar-refractivity contribution in [3.63, 3.8) is 0 Å². The lowest BCUT2D eigenvalue weighted by Gasteiger charge is -2.03. The summed E-state index contributed by atoms with van der Waals surface area (Å²) in [6, 6.07) is 12.8. The maximum Gasteiger partial charge on any atom is 0.338 e. The van der Waals surface area contributed by atoms with Crippen LogP contribution in [0.4, 0.5) is 0 Å². The smallest absolute Gasteiger partial charge is 0.338 e. The molecule has 6 nitrogen and oxygen atoms in total. The summed E-state index contributed by atoms with van der Waals surface area (Å²) < 4.78 is 13.2. The second-order valence-corrected chi connectivity index (χ2v) is 7.12. The standard InChI is InChI=1S/C21H22N2O4S/c1-4-26-16-9-6-14(7-10-16)12-19(24)22-21-23(3)17-11-8-15(13-18(17)28-21)20(25)27-5-2/h6-11,13H,4-5,12H2,1-3H3. The molecule has 0 spiro atoms. The molecule has 0 radical (unpaired) electrons. The van der Waals surface area contributed by atoms with E-state index < -0.39 is 0 Å². The minimum atomic E-state index is -0.356. The highest BCUT2D eigenvalue weighted by atomic mass is 32.1. The van der Waals surface area contributed by atoms with Crippen LogP contribution >= 0.6 is 11.3 Å². The third-order valence-electron chi connectivity index (χ3n) is 4.13. The van der Waals surface area contributed by atoms with Gasteiger partial charge in [0, 0.05) is 7.05 Å². The van der Waals surface area contributed by atoms with E-state index in [1.165, 1.54) is 11.3 Å². The molecule has 0 aliphatic rings. The summed E-state index contributed by atoms with van der Waals surface area (Å²) in [5.74, 6) is 0.200. The van der Waals surface area contributed by atoms with E-state index in [1.807, 2.05) is 48.9 Å². The van der Waals surface area contributed by atoms with Crippen LogP contribution in [0.1, 0.15) is 29.8 Å². The minimum Gasteiger partial charge on any atom is -0.494 e. The molecule has 28 heavy (non-hydrogen) atoms. The molecule has 1 heterocycles. The number of fused-ring (bicyclic) bond motifs is 1. The largest absolute Gasteiger partial charge is 0.494 e. The third-order valence-corrected chi connectivity index (χ3v) is 5.23. The van der Waals surface area contributed by atoms with Gasteiger partial charge >= 0.3 is 5.97 Å². The predicted octanol–water partition coefficient (Wildman–Crippen LogP) is 3.49. The number of carbonyl (C=O) groups is 2. The maximum atomic E-state index is 12.4. The van der Waals surface area contributed by atoms with Crippen LogP contribution in [0.3, 0.4) is 0 Å². The molecule has 0 bridgehead atoms. The molecule has 0 saturated heterocycles. The zero-order chi connectivity index (χ0) is 20.1. The molecule has 3 rings (SSSR count). The van der Waals surface area contributed by atoms with E-state index in [9.17, 15) is 9.59 Å². The number of aromatic nitrogens is 1. The Morgan fingerprint density at radius 3 is 2.50 bits per heavy atom. The van der Waals surface area contributed by atoms with Crippen molar-refractivity contribution in [2.24, 2.45) is 12.0 Å². The number of esters is 1. The van der Waals surface area contributed by atoms with E-state index in [1.54, 1.807) is 19.1 Å². The van der Waals surface area contributed by atoms with Crippen LogP contribution in [0.5, 0.6) is 5.75 Å². The van der Waals surface area contributed by atoms with Gasteiger partial charge in [0.2, 0.25) is 0 Å². The molecule has 0 unspecified atom stereocenters. The lowest BCUT2D eigenvalue weighted by atomic mass is 10.1. The number of aryl methyl sites for hydroxylation is 1. The summed E-state index contributed by atoms with van der Waals surface area (Å²) in [6.45, 7) is 4.63. The zero-order valence-corrected chi connectivity index (χ0v) is 16.9. The van der Waals surface area contributed by atoms with Gasteiger partial charge in [-0.15, -0.1) is 0 Å². The van der Waals surface area contributed by atoms with E-state index in [-0.39, 0.29) is 18.3 Å². The fourth-order valence-corrected chi connectivity index (χ4v) is 3.85. The number of hydrogen-bond acceptors (Lipinski definition) is 5. The summed E-state index contributed by atoms with van der Waals surface area (Å²) >= 11 is 1.37. The quantitative estimate of drug-likeness (QED) is 0.596. The Balaban J connectivity index is 1.83. The van der Waals surface area contributed by atoms with Gasteiger partial charge in [0.1, 0.15) is 5.75 Å². The van der Waals surface area contributed by atoms with Gasteiger partial charge in [-0.3, -0.25) is 4.79 Å². The van der Waals surface area contributed by atoms with Crippen molar-refractivity contribution in [3.8, 4) is 5.75 Å². The van der Waals surface area contributed by atoms with Crippen LogP contribution in [-0.4, -0.2) is 29.7 Å². The lowest BCUT2D eigenvalue weighted by Crippen LogP contribution is -2.14. The molecule has 146 valence electrons. The van der Waals surface area contributed by atoms with Gasteiger partial charge in [0.15, 0.2) is 4.80 Å². The van der Waals surface area contributed by atoms with E-state index in [0.717, 1.165) is 21.5 Å². The zero-order valence-electron chi connectivity index (χ0n) is 16.1. The van der Waals surface area contributed by atoms with Gasteiger partial charge in [-0.2, -0.15) is 4.99 Å². The third kappa shape index (κ3) is 4.48. The molecule has 0 saturated carbocycles. The predicted molar refractivity (Wildman–Crippen MR) is 109 cm³/mol. The van der Waals surface area contributed by atoms with Crippen LogP contribution in [0, 0.1) is 0 Å². The normalized spacial score (nSPS) is 11.6. The first-order chi connectivity index (χ1) is 13.5. The molecule has 0 atom stereocenters. The average molecular weight is 398 g/mol. The number of hydrogen-bond donors (Lipinski definition) is 0. The van der Waals surface area contributed by atoms with Crippen molar-refractivity contribution in [2.75, 3.05) is 13.2 Å². The van der Waals surface area contributed by atoms with Crippen LogP contribution < -0.4 is 9.54 Å². The molecule has 1 amide bonds. The summed E-state index contributed by atoms with van der Waals surface area (Å²) in [4.78, 5) is 29.2. The Labute approximate surface area is 167 Å². The Hall–Kier alpha value is -2.93. The van der Waals surface area contributed by atoms with E-state index in [0.29, 0.717) is 23.6 Å². The second kappa shape index (κ2) is 8.84. The first-order valence-electron chi connectivity index (χ1n) is 9.07. The van der Waals surface area contributed by atoms with Crippen LogP contribution in [-0.2, 0) is 23.0 Å². The molecule has 7 heteroatoms. The van der Waals surface area contributed by atoms with Gasteiger partial charge in [-0.05, 0) is 49.7 Å². The van der Waals surface area contributed by atoms with Crippen LogP contribution in [0.15, 0.2) is 47.5 Å². The van der Waals surface area contributed by atoms with Gasteiger partial charge in [0.25, 0.3) is 5.91 Å². The number of thiazole rings is 1. The molecule has 1 aromatic heterocycles. The van der Waals surface area contributed by atoms with Crippen molar-refractivity contribution < 1.29 is 19.1 Å². The Morgan fingerprint density at radius 1 is 1.07 bits per heavy atom. The first kappa shape index (κ1) is 19.8. The summed E-state index contributed by atoms with van der Waals surface area (Å²) in [6.07, 6.45) is 0.217. The monoisotopic (exact) mass is 398 g/mol. The van der Waals surface area contributed by atoms with Gasteiger partial charge in [-0.25, -0.2) is 4.79 Å². The van der Waals surface area contributed by atoms with Crippen LogP contribution in [0.25, 0.3) is 10.2 Å². The van der Waals surface area contributed by atoms with Crippen molar-refractivity contribution in [1.29, 1.82) is 0 Å². The van der Waals surface area contributed by atoms with E-state index in [4.69, 9.17) is 9.47 Å². The van der Waals surface area contributed by atoms with Crippen LogP contribution in [0.2, 0.25) is 0 Å². The number of rotatable bonds is 6. The highest BCUT2D eigenvalue weighted by Crippen LogP contribution is 2.19. The van der Waals surface area contributed by atoms with Crippen molar-refractivity contribution >= 4 is 33.4 Å². The maximum absolute atomic E-state index is 12.4. The Bertz CT molecular complexity index is 1060. The Morgan fingerprint density at radius 2 is 1.82 bits per heavy atom. The second-order valence-electron chi connectivity index (χ2n) is 6.11. The average Bonchev–Trinajstić information content (AvgIpc) is 2.98. The fraction of sp³-hybridized carbons (Fsp3) is 0.286. The summed E-state index contributed by atoms with van der Waals surface area (Å²) in [7, 11) is 1.85. The fourth-order valence-electron chi connectivity index (χ4n) is 2.77. The number of amides is 1. The number of nitrogens with zero attached hydrogens (tertiary/aromatic N) is 2. The molecule has 0 N–H and O–H groups in total. The molecule has 0 aliphatic heterocycles. The molecule has 2 aromatic carbocycles. The van der Waals surface area contributed by atoms with Gasteiger partial charge < -0.3 is 14.0 Å². The highest BCUT2D eigenvalue weighted by molar-refractivity contribution is 7.16. The summed E-state index contributed by atoms with van der Waals surface area (Å²) in [5.41, 5.74) is 2.28. The van der Waals surface area contributed by atoms with E-state index in [2.05, 4.69) is 4.99 Å². The van der Waals surface area contributed by atoms with E-state index >= 15 is 0 Å². The Kier molecular flexibility index (Phi) is 6.26. The highest BCUT2D eigenvalue weighted by Gasteiger charge is 2.11. The van der Waals surface area contributed by atoms with Gasteiger partial charge in [-0.1, -0.05) is 23.5 Å². The number of benzene rings is 2. The molecular weight excluding hydrogens is 376 g/mol. The number of ether oxygens (including phenoxy) is 2. The molecule has 0 aliphatic carbocycles. The number of carbonyl (C=O) groups excluding carboxylic acids is 2. The van der Waals surface area contributed by atoms with Crippen molar-refractivity contribution in [3.05, 3.63) is 58.4 Å². The van der Waals surface area contributed by atoms with Crippen molar-refractivity contribution in [1.82, 2.24) is 4.57 Å². The minimum absolute atomic E-state index is 0.217. The molecule has 3 aromatic rings.